The molecular weight excluding hydrogens is 310 g/mol. The number of carbonyl (C=O) groups excluding carboxylic acids is 2. The summed E-state index contributed by atoms with van der Waals surface area (Å²) >= 11 is 0. The first-order valence-electron chi connectivity index (χ1n) is 8.49. The van der Waals surface area contributed by atoms with Crippen LogP contribution in [0.2, 0.25) is 0 Å². The van der Waals surface area contributed by atoms with E-state index in [-0.39, 0.29) is 23.8 Å². The number of likely N-dealkylation sites (tertiary alicyclic amines) is 1. The van der Waals surface area contributed by atoms with Crippen molar-refractivity contribution in [3.8, 4) is 0 Å². The van der Waals surface area contributed by atoms with Gasteiger partial charge >= 0.3 is 0 Å². The Bertz CT molecular complexity index is 461. The van der Waals surface area contributed by atoms with Gasteiger partial charge in [0.25, 0.3) is 0 Å². The smallest absolute Gasteiger partial charge is 0.246 e. The third-order valence-electron chi connectivity index (χ3n) is 4.66. The molecule has 7 nitrogen and oxygen atoms in total. The largest absolute Gasteiger partial charge is 0.379 e. The Morgan fingerprint density at radius 1 is 1.25 bits per heavy atom. The molecule has 2 rings (SSSR count). The van der Waals surface area contributed by atoms with Crippen LogP contribution in [-0.2, 0) is 19.1 Å². The molecule has 0 aromatic heterocycles. The number of carbonyl (C=O) groups is 2. The molecule has 0 aromatic rings. The highest BCUT2D eigenvalue weighted by Crippen LogP contribution is 2.23. The summed E-state index contributed by atoms with van der Waals surface area (Å²) in [5, 5.41) is 0. The molecule has 0 aliphatic carbocycles. The van der Waals surface area contributed by atoms with Crippen LogP contribution in [0.4, 0.5) is 0 Å². The number of morpholine rings is 1. The Balaban J connectivity index is 1.82. The molecule has 0 saturated carbocycles. The fraction of sp³-hybridized carbons (Fsp3) is 0.765. The molecule has 136 valence electrons. The number of rotatable bonds is 6. The molecule has 2 fully saturated rings. The van der Waals surface area contributed by atoms with Crippen molar-refractivity contribution in [1.82, 2.24) is 14.7 Å². The van der Waals surface area contributed by atoms with Crippen molar-refractivity contribution in [2.75, 3.05) is 67.1 Å². The van der Waals surface area contributed by atoms with E-state index in [1.54, 1.807) is 37.1 Å². The number of hydrogen-bond donors (Lipinski definition) is 0. The molecule has 2 aliphatic rings. The second-order valence-electron chi connectivity index (χ2n) is 6.59. The molecule has 24 heavy (non-hydrogen) atoms. The van der Waals surface area contributed by atoms with Crippen molar-refractivity contribution < 1.29 is 19.1 Å². The van der Waals surface area contributed by atoms with Crippen LogP contribution in [0.15, 0.2) is 12.2 Å². The van der Waals surface area contributed by atoms with E-state index < -0.39 is 0 Å². The normalized spacial score (nSPS) is 25.4. The Hall–Kier alpha value is -1.44. The summed E-state index contributed by atoms with van der Waals surface area (Å²) in [5.41, 5.74) is 0. The van der Waals surface area contributed by atoms with Gasteiger partial charge < -0.3 is 19.3 Å². The molecule has 0 aromatic carbocycles. The number of methoxy groups -OCH3 is 1. The van der Waals surface area contributed by atoms with Crippen LogP contribution < -0.4 is 0 Å². The zero-order chi connectivity index (χ0) is 17.5. The molecule has 0 bridgehead atoms. The fourth-order valence-electron chi connectivity index (χ4n) is 3.08. The Morgan fingerprint density at radius 2 is 1.96 bits per heavy atom. The topological polar surface area (TPSA) is 62.3 Å². The number of ether oxygens (including phenoxy) is 2. The van der Waals surface area contributed by atoms with Crippen LogP contribution in [0.25, 0.3) is 0 Å². The average Bonchev–Trinajstić information content (AvgIpc) is 2.98. The Morgan fingerprint density at radius 3 is 2.58 bits per heavy atom. The molecule has 0 N–H and O–H groups in total. The van der Waals surface area contributed by atoms with E-state index in [2.05, 4.69) is 4.90 Å². The minimum atomic E-state index is -0.0782. The van der Waals surface area contributed by atoms with Gasteiger partial charge in [-0.1, -0.05) is 6.08 Å². The lowest BCUT2D eigenvalue weighted by atomic mass is 10.0. The van der Waals surface area contributed by atoms with Gasteiger partial charge in [-0.25, -0.2) is 0 Å². The number of amides is 2. The Kier molecular flexibility index (Phi) is 7.20. The van der Waals surface area contributed by atoms with Crippen LogP contribution >= 0.6 is 0 Å². The zero-order valence-corrected chi connectivity index (χ0v) is 14.9. The molecule has 0 radical (unpaired) electrons. The summed E-state index contributed by atoms with van der Waals surface area (Å²) in [6.45, 7) is 5.20. The lowest BCUT2D eigenvalue weighted by molar-refractivity contribution is -0.130. The van der Waals surface area contributed by atoms with Crippen molar-refractivity contribution >= 4 is 11.8 Å². The van der Waals surface area contributed by atoms with Crippen LogP contribution in [0.5, 0.6) is 0 Å². The van der Waals surface area contributed by atoms with E-state index in [1.165, 1.54) is 0 Å². The van der Waals surface area contributed by atoms with Crippen LogP contribution in [0.3, 0.4) is 0 Å². The molecule has 0 spiro atoms. The van der Waals surface area contributed by atoms with Crippen molar-refractivity contribution in [1.29, 1.82) is 0 Å². The summed E-state index contributed by atoms with van der Waals surface area (Å²) in [7, 11) is 5.13. The SMILES string of the molecule is CO[C@H]1CN(C(=O)/C=C/CN2CCOCC2)C[C@@H]1CC(=O)N(C)C. The zero-order valence-electron chi connectivity index (χ0n) is 14.9. The predicted molar refractivity (Wildman–Crippen MR) is 90.6 cm³/mol. The van der Waals surface area contributed by atoms with Crippen molar-refractivity contribution in [3.05, 3.63) is 12.2 Å². The maximum absolute atomic E-state index is 12.4. The summed E-state index contributed by atoms with van der Waals surface area (Å²) in [6, 6.07) is 0. The van der Waals surface area contributed by atoms with E-state index in [9.17, 15) is 9.59 Å². The van der Waals surface area contributed by atoms with Crippen LogP contribution in [0, 0.1) is 5.92 Å². The summed E-state index contributed by atoms with van der Waals surface area (Å²) in [6.07, 6.45) is 3.88. The van der Waals surface area contributed by atoms with E-state index in [0.29, 0.717) is 19.5 Å². The lowest BCUT2D eigenvalue weighted by Crippen LogP contribution is -2.36. The molecule has 0 unspecified atom stereocenters. The van der Waals surface area contributed by atoms with Crippen molar-refractivity contribution in [2.45, 2.75) is 12.5 Å². The van der Waals surface area contributed by atoms with Gasteiger partial charge in [0.2, 0.25) is 11.8 Å². The van der Waals surface area contributed by atoms with E-state index >= 15 is 0 Å². The maximum atomic E-state index is 12.4. The summed E-state index contributed by atoms with van der Waals surface area (Å²) in [4.78, 5) is 29.9. The quantitative estimate of drug-likeness (QED) is 0.629. The van der Waals surface area contributed by atoms with Crippen molar-refractivity contribution in [2.24, 2.45) is 5.92 Å². The van der Waals surface area contributed by atoms with Gasteiger partial charge in [-0.3, -0.25) is 14.5 Å². The van der Waals surface area contributed by atoms with E-state index in [1.807, 2.05) is 6.08 Å². The van der Waals surface area contributed by atoms with E-state index in [4.69, 9.17) is 9.47 Å². The van der Waals surface area contributed by atoms with Gasteiger partial charge in [0, 0.05) is 72.3 Å². The third-order valence-corrected chi connectivity index (χ3v) is 4.66. The first kappa shape index (κ1) is 18.9. The van der Waals surface area contributed by atoms with Crippen molar-refractivity contribution in [3.63, 3.8) is 0 Å². The highest BCUT2D eigenvalue weighted by Gasteiger charge is 2.36. The molecule has 2 aliphatic heterocycles. The van der Waals surface area contributed by atoms with Gasteiger partial charge in [-0.2, -0.15) is 0 Å². The average molecular weight is 339 g/mol. The molecule has 7 heteroatoms. The second kappa shape index (κ2) is 9.15. The first-order chi connectivity index (χ1) is 11.5. The minimum absolute atomic E-state index is 0.00916. The predicted octanol–water partition coefficient (Wildman–Crippen LogP) is -0.173. The van der Waals surface area contributed by atoms with Gasteiger partial charge in [0.05, 0.1) is 19.3 Å². The van der Waals surface area contributed by atoms with Gasteiger partial charge in [-0.15, -0.1) is 0 Å². The molecule has 2 atom stereocenters. The van der Waals surface area contributed by atoms with Crippen LogP contribution in [0.1, 0.15) is 6.42 Å². The molecule has 2 saturated heterocycles. The maximum Gasteiger partial charge on any atom is 0.246 e. The van der Waals surface area contributed by atoms with Crippen LogP contribution in [-0.4, -0.2) is 99.8 Å². The molecular formula is C17H29N3O4. The monoisotopic (exact) mass is 339 g/mol. The summed E-state index contributed by atoms with van der Waals surface area (Å²) in [5.74, 6) is 0.116. The van der Waals surface area contributed by atoms with E-state index in [0.717, 1.165) is 32.8 Å². The third kappa shape index (κ3) is 5.29. The highest BCUT2D eigenvalue weighted by molar-refractivity contribution is 5.88. The minimum Gasteiger partial charge on any atom is -0.379 e. The Labute approximate surface area is 144 Å². The summed E-state index contributed by atoms with van der Waals surface area (Å²) < 4.78 is 10.8. The first-order valence-corrected chi connectivity index (χ1v) is 8.49. The van der Waals surface area contributed by atoms with Gasteiger partial charge in [0.15, 0.2) is 0 Å². The standard InChI is InChI=1S/C17H29N3O4/c1-18(2)17(22)11-14-12-20(13-15(14)23-3)16(21)5-4-6-19-7-9-24-10-8-19/h4-5,14-15H,6-13H2,1-3H3/b5-4+/t14-,15-/m0/s1. The van der Waals surface area contributed by atoms with Gasteiger partial charge in [-0.05, 0) is 0 Å². The fourth-order valence-corrected chi connectivity index (χ4v) is 3.08. The number of hydrogen-bond acceptors (Lipinski definition) is 5. The lowest BCUT2D eigenvalue weighted by Gasteiger charge is -2.25. The second-order valence-corrected chi connectivity index (χ2v) is 6.59. The van der Waals surface area contributed by atoms with Gasteiger partial charge in [0.1, 0.15) is 0 Å². The molecule has 2 amide bonds. The highest BCUT2D eigenvalue weighted by atomic mass is 16.5. The molecule has 2 heterocycles. The number of nitrogens with zero attached hydrogens (tertiary/aromatic N) is 3.